The monoisotopic (exact) mass is 357 g/mol. The summed E-state index contributed by atoms with van der Waals surface area (Å²) in [5.41, 5.74) is 0.562. The molecule has 5 nitrogen and oxygen atoms in total. The quantitative estimate of drug-likeness (QED) is 0.457. The van der Waals surface area contributed by atoms with Crippen molar-refractivity contribution >= 4 is 24.4 Å². The first-order valence-corrected chi connectivity index (χ1v) is 12.6. The summed E-state index contributed by atoms with van der Waals surface area (Å²) in [5, 5.41) is 0. The average molecular weight is 358 g/mol. The van der Waals surface area contributed by atoms with E-state index < -0.39 is 18.3 Å². The first kappa shape index (κ1) is 19.7. The summed E-state index contributed by atoms with van der Waals surface area (Å²) in [5.74, 6) is -0.175. The number of nitrogens with zero attached hydrogens (tertiary/aromatic N) is 1. The Balaban J connectivity index is 2.96. The van der Waals surface area contributed by atoms with Gasteiger partial charge in [-0.3, -0.25) is 0 Å². The maximum Gasteiger partial charge on any atom is 0.385 e. The molecule has 0 aliphatic heterocycles. The summed E-state index contributed by atoms with van der Waals surface area (Å²) >= 11 is 0. The molecule has 0 aliphatic carbocycles. The summed E-state index contributed by atoms with van der Waals surface area (Å²) in [6, 6.07) is 8.93. The zero-order valence-electron chi connectivity index (χ0n) is 14.8. The normalized spacial score (nSPS) is 13.7. The lowest BCUT2D eigenvalue weighted by atomic mass is 9.99. The first-order valence-electron chi connectivity index (χ1n) is 7.55. The largest absolute Gasteiger partial charge is 0.505 e. The highest BCUT2D eigenvalue weighted by Crippen LogP contribution is 2.16. The SMILES string of the molecule is CC(C)(C)CO/C(=N/S(=O)(=O)Cc1ccccc1)O[Si](C)(C)C. The zero-order valence-corrected chi connectivity index (χ0v) is 16.6. The second kappa shape index (κ2) is 7.48. The van der Waals surface area contributed by atoms with E-state index in [2.05, 4.69) is 4.40 Å². The molecule has 0 radical (unpaired) electrons. The molecule has 1 aromatic carbocycles. The van der Waals surface area contributed by atoms with E-state index in [0.29, 0.717) is 12.2 Å². The highest BCUT2D eigenvalue weighted by molar-refractivity contribution is 7.89. The fraction of sp³-hybridized carbons (Fsp3) is 0.562. The Morgan fingerprint density at radius 1 is 1.13 bits per heavy atom. The molecule has 0 atom stereocenters. The molecule has 0 unspecified atom stereocenters. The molecule has 130 valence electrons. The average Bonchev–Trinajstić information content (AvgIpc) is 2.33. The van der Waals surface area contributed by atoms with Crippen molar-refractivity contribution in [1.82, 2.24) is 0 Å². The van der Waals surface area contributed by atoms with Crippen molar-refractivity contribution in [2.45, 2.75) is 46.2 Å². The van der Waals surface area contributed by atoms with Gasteiger partial charge in [-0.1, -0.05) is 55.5 Å². The van der Waals surface area contributed by atoms with Crippen LogP contribution in [0.1, 0.15) is 26.3 Å². The maximum absolute atomic E-state index is 12.3. The van der Waals surface area contributed by atoms with Crippen molar-refractivity contribution in [1.29, 1.82) is 0 Å². The number of benzene rings is 1. The highest BCUT2D eigenvalue weighted by Gasteiger charge is 2.24. The standard InChI is InChI=1S/C16H27NO4SSi/c1-16(2,3)13-20-15(21-23(4,5)6)17-22(18,19)12-14-10-8-7-9-11-14/h7-11H,12-13H2,1-6H3/b17-15-. The number of ether oxygens (including phenoxy) is 1. The van der Waals surface area contributed by atoms with Crippen LogP contribution < -0.4 is 0 Å². The van der Waals surface area contributed by atoms with Crippen LogP contribution in [0.25, 0.3) is 0 Å². The van der Waals surface area contributed by atoms with Crippen LogP contribution in [-0.4, -0.2) is 29.4 Å². The first-order chi connectivity index (χ1) is 10.4. The summed E-state index contributed by atoms with van der Waals surface area (Å²) in [7, 11) is -5.74. The number of hydrogen-bond donors (Lipinski definition) is 0. The molecule has 0 spiro atoms. The third-order valence-corrected chi connectivity index (χ3v) is 4.34. The molecule has 0 amide bonds. The van der Waals surface area contributed by atoms with Gasteiger partial charge in [-0.05, 0) is 30.6 Å². The minimum Gasteiger partial charge on any atom is -0.505 e. The van der Waals surface area contributed by atoms with Crippen molar-refractivity contribution < 1.29 is 17.6 Å². The van der Waals surface area contributed by atoms with Gasteiger partial charge in [0, 0.05) is 0 Å². The van der Waals surface area contributed by atoms with Gasteiger partial charge < -0.3 is 9.16 Å². The zero-order chi connectivity index (χ0) is 17.7. The van der Waals surface area contributed by atoms with Crippen LogP contribution in [0.15, 0.2) is 34.7 Å². The fourth-order valence-electron chi connectivity index (χ4n) is 1.55. The third kappa shape index (κ3) is 9.40. The van der Waals surface area contributed by atoms with E-state index in [4.69, 9.17) is 9.16 Å². The van der Waals surface area contributed by atoms with Gasteiger partial charge in [0.2, 0.25) is 8.32 Å². The van der Waals surface area contributed by atoms with Crippen LogP contribution in [0.5, 0.6) is 0 Å². The predicted octanol–water partition coefficient (Wildman–Crippen LogP) is 3.79. The molecule has 0 aromatic heterocycles. The van der Waals surface area contributed by atoms with Crippen LogP contribution in [-0.2, 0) is 24.9 Å². The molecule has 7 heteroatoms. The van der Waals surface area contributed by atoms with Gasteiger partial charge in [0.15, 0.2) is 0 Å². The second-order valence-electron chi connectivity index (χ2n) is 7.63. The van der Waals surface area contributed by atoms with Crippen molar-refractivity contribution in [3.63, 3.8) is 0 Å². The lowest BCUT2D eigenvalue weighted by molar-refractivity contribution is 0.152. The minimum absolute atomic E-state index is 0.118. The molecule has 0 bridgehead atoms. The second-order valence-corrected chi connectivity index (χ2v) is 13.7. The molecule has 1 rings (SSSR count). The predicted molar refractivity (Wildman–Crippen MR) is 96.3 cm³/mol. The number of rotatable bonds is 5. The Morgan fingerprint density at radius 3 is 2.17 bits per heavy atom. The van der Waals surface area contributed by atoms with Gasteiger partial charge in [-0.2, -0.15) is 0 Å². The molecular formula is C16H27NO4SSi. The molecule has 1 aromatic rings. The van der Waals surface area contributed by atoms with E-state index in [1.165, 1.54) is 0 Å². The Hall–Kier alpha value is -1.34. The van der Waals surface area contributed by atoms with E-state index in [9.17, 15) is 8.42 Å². The van der Waals surface area contributed by atoms with E-state index in [-0.39, 0.29) is 17.3 Å². The molecule has 0 saturated heterocycles. The minimum atomic E-state index is -3.71. The maximum atomic E-state index is 12.3. The molecule has 0 aliphatic rings. The van der Waals surface area contributed by atoms with Gasteiger partial charge in [-0.15, -0.1) is 0 Å². The molecule has 0 saturated carbocycles. The van der Waals surface area contributed by atoms with Crippen molar-refractivity contribution in [2.75, 3.05) is 6.61 Å². The Kier molecular flexibility index (Phi) is 6.41. The van der Waals surface area contributed by atoms with Crippen LogP contribution in [0, 0.1) is 5.41 Å². The summed E-state index contributed by atoms with van der Waals surface area (Å²) in [6.07, 6.45) is -0.143. The Bertz CT molecular complexity index is 628. The Labute approximate surface area is 140 Å². The Morgan fingerprint density at radius 2 is 1.70 bits per heavy atom. The third-order valence-electron chi connectivity index (χ3n) is 2.43. The van der Waals surface area contributed by atoms with Crippen LogP contribution >= 0.6 is 0 Å². The van der Waals surface area contributed by atoms with Crippen LogP contribution in [0.2, 0.25) is 19.6 Å². The fourth-order valence-corrected chi connectivity index (χ4v) is 3.24. The molecular weight excluding hydrogens is 330 g/mol. The molecule has 0 N–H and O–H groups in total. The van der Waals surface area contributed by atoms with Crippen molar-refractivity contribution in [3.8, 4) is 0 Å². The smallest absolute Gasteiger partial charge is 0.385 e. The van der Waals surface area contributed by atoms with E-state index in [1.54, 1.807) is 24.3 Å². The number of hydrogen-bond acceptors (Lipinski definition) is 4. The van der Waals surface area contributed by atoms with Crippen molar-refractivity contribution in [3.05, 3.63) is 35.9 Å². The molecule has 0 heterocycles. The number of sulfonamides is 1. The summed E-state index contributed by atoms with van der Waals surface area (Å²) in [4.78, 5) is 0. The molecule has 23 heavy (non-hydrogen) atoms. The van der Waals surface area contributed by atoms with Gasteiger partial charge >= 0.3 is 6.08 Å². The lowest BCUT2D eigenvalue weighted by Gasteiger charge is -2.23. The summed E-state index contributed by atoms with van der Waals surface area (Å²) < 4.78 is 39.6. The molecule has 0 fully saturated rings. The van der Waals surface area contributed by atoms with E-state index >= 15 is 0 Å². The van der Waals surface area contributed by atoms with Gasteiger partial charge in [-0.25, -0.2) is 8.42 Å². The van der Waals surface area contributed by atoms with Gasteiger partial charge in [0.25, 0.3) is 10.0 Å². The lowest BCUT2D eigenvalue weighted by Crippen LogP contribution is -2.32. The summed E-state index contributed by atoms with van der Waals surface area (Å²) in [6.45, 7) is 12.2. The van der Waals surface area contributed by atoms with Crippen molar-refractivity contribution in [2.24, 2.45) is 9.81 Å². The van der Waals surface area contributed by atoms with E-state index in [1.807, 2.05) is 46.5 Å². The topological polar surface area (TPSA) is 65.0 Å². The van der Waals surface area contributed by atoms with Gasteiger partial charge in [0.05, 0.1) is 12.4 Å². The highest BCUT2D eigenvalue weighted by atomic mass is 32.2. The van der Waals surface area contributed by atoms with Gasteiger partial charge in [0.1, 0.15) is 0 Å². The van der Waals surface area contributed by atoms with Crippen LogP contribution in [0.4, 0.5) is 0 Å². The van der Waals surface area contributed by atoms with E-state index in [0.717, 1.165) is 0 Å². The van der Waals surface area contributed by atoms with Crippen LogP contribution in [0.3, 0.4) is 0 Å².